The number of carbonyl (C=O) groups is 5. The van der Waals surface area contributed by atoms with Gasteiger partial charge in [-0.05, 0) is 390 Å². The number of hydrogen-bond donors (Lipinski definition) is 2. The quantitative estimate of drug-likeness (QED) is 0.0245. The number of Topliss-reactive ketones (excluding diaryl/α,β-unsaturated/α-hetero) is 3. The molecule has 760 valence electrons. The molecule has 0 spiro atoms. The van der Waals surface area contributed by atoms with Gasteiger partial charge in [0.05, 0.1) is 0 Å². The molecule has 7 saturated carbocycles. The summed E-state index contributed by atoms with van der Waals surface area (Å²) in [5.74, 6) is 12.7. The van der Waals surface area contributed by atoms with Crippen LogP contribution >= 0.6 is 0 Å². The fourth-order valence-electron chi connectivity index (χ4n) is 29.6. The molecule has 2 heterocycles. The topological polar surface area (TPSA) is 200 Å². The van der Waals surface area contributed by atoms with Gasteiger partial charge in [0.25, 0.3) is 0 Å². The zero-order valence-electron chi connectivity index (χ0n) is 85.8. The number of aliphatic carboxylic acids is 1. The minimum Gasteiger partial charge on any atom is -1.00 e. The molecule has 2 saturated heterocycles. The molecule has 0 bridgehead atoms. The van der Waals surface area contributed by atoms with E-state index in [1.54, 1.807) is 0 Å². The van der Waals surface area contributed by atoms with E-state index in [1.807, 2.05) is 66.7 Å². The van der Waals surface area contributed by atoms with Crippen molar-refractivity contribution in [1.82, 2.24) is 0 Å². The number of rotatable bonds is 30. The number of aliphatic hydroxyl groups is 1. The molecule has 17 heteroatoms. The first-order chi connectivity index (χ1) is 68.7. The minimum absolute atomic E-state index is 0. The van der Waals surface area contributed by atoms with Crippen LogP contribution in [-0.2, 0) is 95.0 Å². The zero-order valence-corrected chi connectivity index (χ0v) is 88.8. The maximum Gasteiger partial charge on any atom is 2.00 e. The minimum atomic E-state index is -0.736. The van der Waals surface area contributed by atoms with Crippen molar-refractivity contribution in [3.05, 3.63) is 280 Å². The summed E-state index contributed by atoms with van der Waals surface area (Å²) in [4.78, 5) is 62.9. The standard InChI is InChI=1S/C34H44O4.C29H34O4.C29H36O3.C25H26O2.C9H17O2.BrH.Mg/c1-34-18-17-29-28-16-14-27(38-23-24-9-3-2-4-10-24)21-25(28)13-15-30(29)33(34)26(22-31(34)35)11-5-7-19-36-32-12-6-8-20-37-32;1-29-15-14-24-23-13-11-22(33-18-19-6-3-2-4-7-19)16-20(23)10-12-25(24)28(29)21(17-26(29)30)8-5-9-27(31)32;1-29-15-14-25-24-13-11-23(32-19-20-7-3-2-4-8-20)17-21(24)10-12-26(25)28(29)22(18-27(29)31)9-5-6-16-30;1-25-14-13-21-20-10-8-19(27-16-17-5-3-2-4-6-17)15-18(20)7-9-22(21)23(25)11-12-24(25)26;1-2-3-7-10-9-6-4-5-8-11-9;;/h2-4,9-10,14,16,21,26,29-30,32-33H,5-8,11-13,15,17-20,22-23H2,1H3;2-4,6-7,11,13,16,21,24-25,28H,5,8-10,12,14-15,17-18H2,1H3,(H,31,32);2-4,7-8,11,13,17,22,25-26,28,30H,5-6,9-10,12,14-16,18-19H2,1H3;2-6,8,10-12,15,21-23H,7,9,13-14,16H2,1H3;9H,1-8H2;1H;/q;;;;-1;;+2/p-1/t26-,29-,30-,32?,33+,34-;21-,24-,25-,28+,29-;22-,25-,26-,28+,29-;21-,22-,23+,25+;;;/m1111.../s1. The van der Waals surface area contributed by atoms with Crippen molar-refractivity contribution in [1.29, 1.82) is 0 Å². The number of carboxylic acid groups (broad SMARTS) is 1. The van der Waals surface area contributed by atoms with E-state index in [-0.39, 0.29) is 87.3 Å². The average Bonchev–Trinajstić information content (AvgIpc) is 1.63. The molecule has 15 nitrogen and oxygen atoms in total. The van der Waals surface area contributed by atoms with Crippen molar-refractivity contribution < 1.29 is 89.1 Å². The van der Waals surface area contributed by atoms with Gasteiger partial charge in [0.1, 0.15) is 66.8 Å². The smallest absolute Gasteiger partial charge is 1.00 e. The molecule has 2 unspecified atom stereocenters. The van der Waals surface area contributed by atoms with Crippen LogP contribution in [0.25, 0.3) is 0 Å². The van der Waals surface area contributed by atoms with Crippen molar-refractivity contribution in [3.8, 4) is 23.0 Å². The number of unbranched alkanes of at least 4 members (excludes halogenated alkanes) is 3. The Balaban J connectivity index is 0.000000132. The molecule has 0 aromatic heterocycles. The van der Waals surface area contributed by atoms with E-state index < -0.39 is 5.97 Å². The van der Waals surface area contributed by atoms with Crippen molar-refractivity contribution in [3.63, 3.8) is 0 Å². The van der Waals surface area contributed by atoms with Crippen LogP contribution < -0.4 is 35.9 Å². The molecule has 143 heavy (non-hydrogen) atoms. The van der Waals surface area contributed by atoms with Crippen molar-refractivity contribution in [2.24, 2.45) is 86.8 Å². The first kappa shape index (κ1) is 108. The van der Waals surface area contributed by atoms with Crippen molar-refractivity contribution in [2.45, 2.75) is 322 Å². The third-order valence-corrected chi connectivity index (χ3v) is 36.8. The maximum atomic E-state index is 13.3. The summed E-state index contributed by atoms with van der Waals surface area (Å²) in [5.41, 5.74) is 15.9. The number of fused-ring (bicyclic) bond motifs is 20. The van der Waals surface area contributed by atoms with E-state index >= 15 is 0 Å². The number of aryl methyl sites for hydroxylation is 4. The molecule has 2 N–H and O–H groups in total. The fourth-order valence-corrected chi connectivity index (χ4v) is 29.6. The molecule has 8 aromatic rings. The van der Waals surface area contributed by atoms with E-state index in [0.717, 1.165) is 223 Å². The first-order valence-electron chi connectivity index (χ1n) is 54.8. The molecule has 22 rings (SSSR count). The number of allylic oxidation sites excluding steroid dienone is 2. The van der Waals surface area contributed by atoms with Gasteiger partial charge in [0, 0.05) is 80.4 Å². The average molecular weight is 2020 g/mol. The fraction of sp³-hybridized carbons (Fsp3) is 0.556. The van der Waals surface area contributed by atoms with Crippen LogP contribution in [0.3, 0.4) is 0 Å². The van der Waals surface area contributed by atoms with E-state index in [0.29, 0.717) is 151 Å². The Labute approximate surface area is 879 Å². The van der Waals surface area contributed by atoms with Crippen LogP contribution in [0.4, 0.5) is 0 Å². The van der Waals surface area contributed by atoms with E-state index in [2.05, 4.69) is 174 Å². The van der Waals surface area contributed by atoms with Crippen LogP contribution in [0.15, 0.2) is 206 Å². The van der Waals surface area contributed by atoms with Gasteiger partial charge in [0.15, 0.2) is 18.4 Å². The molecule has 9 fully saturated rings. The van der Waals surface area contributed by atoms with E-state index in [1.165, 1.54) is 105 Å². The first-order valence-corrected chi connectivity index (χ1v) is 54.8. The van der Waals surface area contributed by atoms with Crippen LogP contribution in [0.1, 0.15) is 324 Å². The largest absolute Gasteiger partial charge is 2.00 e. The second-order valence-electron chi connectivity index (χ2n) is 45.1. The number of hydrogen-bond acceptors (Lipinski definition) is 14. The third-order valence-electron chi connectivity index (χ3n) is 36.8. The summed E-state index contributed by atoms with van der Waals surface area (Å²) >= 11 is 0. The molecule has 8 aromatic carbocycles. The summed E-state index contributed by atoms with van der Waals surface area (Å²) < 4.78 is 46.9. The second-order valence-corrected chi connectivity index (χ2v) is 45.1. The Hall–Kier alpha value is -8.10. The molecular formula is C126H157BrMgO15. The Kier molecular flexibility index (Phi) is 37.8. The SMILES string of the molecule is C[C@]12CC[C@@H]3c4ccc(OCc5ccccc5)cc4CC[C@H]3[C@@H]1C=CC2=O.C[C@]12CC[C@@H]3c4ccc(OCc5ccccc5)cc4CC[C@H]3[C@@H]1[C@H](CCCC(=O)O)CC2=O.C[C@]12CC[C@@H]3c4ccc(OCc5ccccc5)cc4CC[C@H]3[C@@H]1[C@H](CCCCO)CC2=O.C[C@]12CC[C@@H]3c4ccc(OCc5ccccc5)cc4CC[C@H]3[C@@H]1[C@H](CCCCOC1CCCCO1)CC2=O.[Br-].[CH2-]CCCOC1CCCCO1.[Mg+2]. The molecule has 2 aliphatic heterocycles. The second kappa shape index (κ2) is 50.3. The summed E-state index contributed by atoms with van der Waals surface area (Å²) in [5, 5.41) is 18.3. The van der Waals surface area contributed by atoms with Gasteiger partial charge in [-0.15, -0.1) is 0 Å². The van der Waals surface area contributed by atoms with Crippen LogP contribution in [0.5, 0.6) is 23.0 Å². The summed E-state index contributed by atoms with van der Waals surface area (Å²) in [6, 6.07) is 68.1. The van der Waals surface area contributed by atoms with Gasteiger partial charge in [0.2, 0.25) is 0 Å². The molecule has 0 amide bonds. The monoisotopic (exact) mass is 2010 g/mol. The Morgan fingerprint density at radius 2 is 0.720 bits per heavy atom. The molecule has 14 aliphatic rings. The molecular weight excluding hydrogens is 1860 g/mol. The number of ketones is 4. The number of aliphatic hydroxyl groups excluding tert-OH is 1. The molecule has 0 radical (unpaired) electrons. The van der Waals surface area contributed by atoms with Crippen molar-refractivity contribution in [2.75, 3.05) is 33.0 Å². The number of benzene rings is 8. The Morgan fingerprint density at radius 3 is 1.06 bits per heavy atom. The van der Waals surface area contributed by atoms with Gasteiger partial charge in [-0.2, -0.15) is 6.42 Å². The zero-order chi connectivity index (χ0) is 97.5. The van der Waals surface area contributed by atoms with E-state index in [4.69, 9.17) is 43.0 Å². The predicted molar refractivity (Wildman–Crippen MR) is 560 cm³/mol. The maximum absolute atomic E-state index is 13.3. The van der Waals surface area contributed by atoms with Crippen LogP contribution in [0, 0.1) is 93.7 Å². The van der Waals surface area contributed by atoms with E-state index in [9.17, 15) is 29.1 Å². The van der Waals surface area contributed by atoms with Crippen LogP contribution in [0.2, 0.25) is 0 Å². The van der Waals surface area contributed by atoms with Gasteiger partial charge < -0.3 is 72.0 Å². The van der Waals surface area contributed by atoms with Gasteiger partial charge >= 0.3 is 29.0 Å². The number of carbonyl (C=O) groups excluding carboxylic acids is 4. The normalized spacial score (nSPS) is 30.3. The molecule has 21 atom stereocenters. The third kappa shape index (κ3) is 25.1. The number of halogens is 1. The summed E-state index contributed by atoms with van der Waals surface area (Å²) in [7, 11) is 0. The number of carboxylic acids is 1. The predicted octanol–water partition coefficient (Wildman–Crippen LogP) is 24.1. The number of ether oxygens (including phenoxy) is 8. The molecule has 12 aliphatic carbocycles. The Bertz CT molecular complexity index is 5520. The van der Waals surface area contributed by atoms with Gasteiger partial charge in [-0.3, -0.25) is 24.0 Å². The van der Waals surface area contributed by atoms with Crippen molar-refractivity contribution >= 4 is 52.2 Å². The van der Waals surface area contributed by atoms with Crippen LogP contribution in [-0.4, -0.2) is 108 Å². The Morgan fingerprint density at radius 1 is 0.392 bits per heavy atom. The van der Waals surface area contributed by atoms with Gasteiger partial charge in [-0.1, -0.05) is 199 Å². The van der Waals surface area contributed by atoms with Gasteiger partial charge in [-0.25, -0.2) is 0 Å². The summed E-state index contributed by atoms with van der Waals surface area (Å²) in [6.45, 7) is 18.6. The summed E-state index contributed by atoms with van der Waals surface area (Å²) in [6.07, 6.45) is 40.8.